The van der Waals surface area contributed by atoms with Gasteiger partial charge in [0.25, 0.3) is 0 Å². The standard InChI is InChI=1S/C13H17ClF3N/c1-10(4-3-7-13(15,16)17)18-9-11-5-2-6-12(14)8-11/h2,5-6,8,10,18H,3-4,7,9H2,1H3. The molecule has 0 saturated carbocycles. The predicted molar refractivity (Wildman–Crippen MR) is 67.7 cm³/mol. The van der Waals surface area contributed by atoms with E-state index in [0.717, 1.165) is 5.56 Å². The molecule has 0 radical (unpaired) electrons. The van der Waals surface area contributed by atoms with Gasteiger partial charge in [0.2, 0.25) is 0 Å². The fourth-order valence-corrected chi connectivity index (χ4v) is 1.86. The molecule has 0 aromatic heterocycles. The van der Waals surface area contributed by atoms with Gasteiger partial charge >= 0.3 is 6.18 Å². The molecule has 18 heavy (non-hydrogen) atoms. The summed E-state index contributed by atoms with van der Waals surface area (Å²) in [6, 6.07) is 7.48. The molecular weight excluding hydrogens is 263 g/mol. The second-order valence-electron chi connectivity index (χ2n) is 4.42. The Labute approximate surface area is 110 Å². The van der Waals surface area contributed by atoms with Crippen LogP contribution in [0, 0.1) is 0 Å². The maximum Gasteiger partial charge on any atom is 0.389 e. The summed E-state index contributed by atoms with van der Waals surface area (Å²) in [5.41, 5.74) is 1.03. The number of hydrogen-bond donors (Lipinski definition) is 1. The van der Waals surface area contributed by atoms with Crippen LogP contribution >= 0.6 is 11.6 Å². The van der Waals surface area contributed by atoms with Gasteiger partial charge in [-0.25, -0.2) is 0 Å². The van der Waals surface area contributed by atoms with Crippen LogP contribution in [0.5, 0.6) is 0 Å². The van der Waals surface area contributed by atoms with E-state index in [4.69, 9.17) is 11.6 Å². The summed E-state index contributed by atoms with van der Waals surface area (Å²) in [5, 5.41) is 3.85. The minimum Gasteiger partial charge on any atom is -0.310 e. The molecule has 102 valence electrons. The lowest BCUT2D eigenvalue weighted by Gasteiger charge is -2.14. The summed E-state index contributed by atoms with van der Waals surface area (Å²) in [5.74, 6) is 0. The zero-order valence-corrected chi connectivity index (χ0v) is 11.0. The number of benzene rings is 1. The maximum absolute atomic E-state index is 12.0. The zero-order valence-electron chi connectivity index (χ0n) is 10.2. The topological polar surface area (TPSA) is 12.0 Å². The first-order valence-corrected chi connectivity index (χ1v) is 6.29. The molecule has 1 unspecified atom stereocenters. The van der Waals surface area contributed by atoms with Crippen LogP contribution in [-0.2, 0) is 6.54 Å². The summed E-state index contributed by atoms with van der Waals surface area (Å²) in [4.78, 5) is 0. The highest BCUT2D eigenvalue weighted by atomic mass is 35.5. The Kier molecular flexibility index (Phi) is 5.96. The van der Waals surface area contributed by atoms with Crippen molar-refractivity contribution in [3.63, 3.8) is 0 Å². The van der Waals surface area contributed by atoms with Gasteiger partial charge in [0, 0.05) is 24.0 Å². The molecule has 0 aliphatic rings. The van der Waals surface area contributed by atoms with Crippen LogP contribution in [0.25, 0.3) is 0 Å². The highest BCUT2D eigenvalue weighted by Gasteiger charge is 2.26. The Hall–Kier alpha value is -0.740. The number of nitrogens with one attached hydrogen (secondary N) is 1. The van der Waals surface area contributed by atoms with Crippen molar-refractivity contribution in [3.05, 3.63) is 34.9 Å². The lowest BCUT2D eigenvalue weighted by molar-refractivity contribution is -0.135. The molecule has 0 spiro atoms. The largest absolute Gasteiger partial charge is 0.389 e. The van der Waals surface area contributed by atoms with E-state index in [0.29, 0.717) is 18.0 Å². The Morgan fingerprint density at radius 2 is 2.06 bits per heavy atom. The van der Waals surface area contributed by atoms with Crippen LogP contribution in [0.1, 0.15) is 31.7 Å². The molecular formula is C13H17ClF3N. The summed E-state index contributed by atoms with van der Waals surface area (Å²) in [7, 11) is 0. The van der Waals surface area contributed by atoms with E-state index in [1.165, 1.54) is 0 Å². The number of hydrogen-bond acceptors (Lipinski definition) is 1. The van der Waals surface area contributed by atoms with Gasteiger partial charge in [-0.3, -0.25) is 0 Å². The van der Waals surface area contributed by atoms with E-state index in [1.54, 1.807) is 6.07 Å². The first kappa shape index (κ1) is 15.3. The Morgan fingerprint density at radius 1 is 1.33 bits per heavy atom. The zero-order chi connectivity index (χ0) is 13.6. The minimum absolute atomic E-state index is 0.0614. The second-order valence-corrected chi connectivity index (χ2v) is 4.86. The highest BCUT2D eigenvalue weighted by Crippen LogP contribution is 2.22. The van der Waals surface area contributed by atoms with E-state index in [-0.39, 0.29) is 12.5 Å². The minimum atomic E-state index is -4.05. The molecule has 0 bridgehead atoms. The third-order valence-electron chi connectivity index (χ3n) is 2.64. The highest BCUT2D eigenvalue weighted by molar-refractivity contribution is 6.30. The van der Waals surface area contributed by atoms with E-state index in [2.05, 4.69) is 5.32 Å². The fraction of sp³-hybridized carbons (Fsp3) is 0.538. The van der Waals surface area contributed by atoms with E-state index < -0.39 is 12.6 Å². The van der Waals surface area contributed by atoms with Crippen molar-refractivity contribution < 1.29 is 13.2 Å². The van der Waals surface area contributed by atoms with E-state index in [1.807, 2.05) is 25.1 Å². The molecule has 0 amide bonds. The first-order chi connectivity index (χ1) is 8.37. The molecule has 1 atom stereocenters. The van der Waals surface area contributed by atoms with Crippen molar-refractivity contribution in [3.8, 4) is 0 Å². The van der Waals surface area contributed by atoms with Crippen molar-refractivity contribution >= 4 is 11.6 Å². The molecule has 0 aliphatic carbocycles. The van der Waals surface area contributed by atoms with Gasteiger partial charge in [-0.2, -0.15) is 13.2 Å². The Bertz CT molecular complexity index is 365. The molecule has 0 heterocycles. The van der Waals surface area contributed by atoms with Gasteiger partial charge in [-0.1, -0.05) is 23.7 Å². The normalized spacial score (nSPS) is 13.6. The van der Waals surface area contributed by atoms with Crippen molar-refractivity contribution in [1.82, 2.24) is 5.32 Å². The third kappa shape index (κ3) is 6.87. The lowest BCUT2D eigenvalue weighted by Crippen LogP contribution is -2.25. The smallest absolute Gasteiger partial charge is 0.310 e. The molecule has 0 saturated heterocycles. The van der Waals surface area contributed by atoms with E-state index >= 15 is 0 Å². The van der Waals surface area contributed by atoms with Gasteiger partial charge in [-0.15, -0.1) is 0 Å². The molecule has 0 aliphatic heterocycles. The average Bonchev–Trinajstić information content (AvgIpc) is 2.25. The average molecular weight is 280 g/mol. The maximum atomic E-state index is 12.0. The van der Waals surface area contributed by atoms with Gasteiger partial charge in [0.1, 0.15) is 0 Å². The molecule has 1 aromatic carbocycles. The molecule has 5 heteroatoms. The van der Waals surface area contributed by atoms with Gasteiger partial charge in [-0.05, 0) is 37.5 Å². The summed E-state index contributed by atoms with van der Waals surface area (Å²) in [6.45, 7) is 2.51. The van der Waals surface area contributed by atoms with E-state index in [9.17, 15) is 13.2 Å². The van der Waals surface area contributed by atoms with Gasteiger partial charge in [0.05, 0.1) is 0 Å². The lowest BCUT2D eigenvalue weighted by atomic mass is 10.1. The van der Waals surface area contributed by atoms with Crippen molar-refractivity contribution in [2.75, 3.05) is 0 Å². The fourth-order valence-electron chi connectivity index (χ4n) is 1.65. The molecule has 1 rings (SSSR count). The third-order valence-corrected chi connectivity index (χ3v) is 2.88. The van der Waals surface area contributed by atoms with Crippen LogP contribution in [0.15, 0.2) is 24.3 Å². The van der Waals surface area contributed by atoms with Crippen LogP contribution in [0.4, 0.5) is 13.2 Å². The Morgan fingerprint density at radius 3 is 2.67 bits per heavy atom. The van der Waals surface area contributed by atoms with Gasteiger partial charge in [0.15, 0.2) is 0 Å². The van der Waals surface area contributed by atoms with Gasteiger partial charge < -0.3 is 5.32 Å². The summed E-state index contributed by atoms with van der Waals surface area (Å²) < 4.78 is 35.9. The quantitative estimate of drug-likeness (QED) is 0.805. The van der Waals surface area contributed by atoms with Crippen LogP contribution < -0.4 is 5.32 Å². The van der Waals surface area contributed by atoms with Crippen molar-refractivity contribution in [2.24, 2.45) is 0 Å². The summed E-state index contributed by atoms with van der Waals surface area (Å²) in [6.07, 6.45) is -4.09. The number of alkyl halides is 3. The molecule has 0 fully saturated rings. The summed E-state index contributed by atoms with van der Waals surface area (Å²) >= 11 is 5.84. The number of halogens is 4. The monoisotopic (exact) mass is 279 g/mol. The molecule has 1 nitrogen and oxygen atoms in total. The van der Waals surface area contributed by atoms with Crippen LogP contribution in [-0.4, -0.2) is 12.2 Å². The molecule has 1 aromatic rings. The second kappa shape index (κ2) is 7.00. The SMILES string of the molecule is CC(CCCC(F)(F)F)NCc1cccc(Cl)c1. The van der Waals surface area contributed by atoms with Crippen LogP contribution in [0.3, 0.4) is 0 Å². The van der Waals surface area contributed by atoms with Crippen molar-refractivity contribution in [1.29, 1.82) is 0 Å². The predicted octanol–water partition coefficient (Wildman–Crippen LogP) is 4.55. The molecule has 1 N–H and O–H groups in total. The Balaban J connectivity index is 2.23. The first-order valence-electron chi connectivity index (χ1n) is 5.91. The number of rotatable bonds is 6. The van der Waals surface area contributed by atoms with Crippen LogP contribution in [0.2, 0.25) is 5.02 Å². The van der Waals surface area contributed by atoms with Crippen molar-refractivity contribution in [2.45, 2.75) is 44.9 Å².